The van der Waals surface area contributed by atoms with E-state index in [0.29, 0.717) is 20.3 Å². The Balaban J connectivity index is 1.85. The molecule has 1 saturated heterocycles. The van der Waals surface area contributed by atoms with Crippen LogP contribution in [0.1, 0.15) is 30.5 Å². The van der Waals surface area contributed by atoms with Crippen molar-refractivity contribution >= 4 is 56.2 Å². The molecule has 1 N–H and O–H groups in total. The number of amides is 1. The van der Waals surface area contributed by atoms with Gasteiger partial charge in [0.05, 0.1) is 27.9 Å². The summed E-state index contributed by atoms with van der Waals surface area (Å²) in [6, 6.07) is 19.4. The molecule has 34 heavy (non-hydrogen) atoms. The van der Waals surface area contributed by atoms with E-state index >= 15 is 0 Å². The summed E-state index contributed by atoms with van der Waals surface area (Å²) in [4.78, 5) is 20.9. The molecule has 1 amide bonds. The van der Waals surface area contributed by atoms with E-state index in [-0.39, 0.29) is 11.7 Å². The molecule has 0 unspecified atom stereocenters. The van der Waals surface area contributed by atoms with Crippen LogP contribution in [0.25, 0.3) is 6.08 Å². The highest BCUT2D eigenvalue weighted by Crippen LogP contribution is 2.41. The Morgan fingerprint density at radius 3 is 2.44 bits per heavy atom. The number of para-hydroxylation sites is 2. The summed E-state index contributed by atoms with van der Waals surface area (Å²) < 4.78 is 5.76. The molecule has 0 aliphatic carbocycles. The number of phenolic OH excluding ortho intramolecular Hbond substituents is 1. The molecule has 1 aliphatic heterocycles. The van der Waals surface area contributed by atoms with E-state index in [4.69, 9.17) is 9.73 Å². The molecule has 1 fully saturated rings. The number of halogens is 1. The van der Waals surface area contributed by atoms with Crippen LogP contribution in [0.3, 0.4) is 0 Å². The molecule has 1 heterocycles. The molecule has 0 aromatic heterocycles. The van der Waals surface area contributed by atoms with Gasteiger partial charge in [0, 0.05) is 0 Å². The summed E-state index contributed by atoms with van der Waals surface area (Å²) in [6.45, 7) is 4.17. The highest BCUT2D eigenvalue weighted by atomic mass is 79.9. The predicted octanol–water partition coefficient (Wildman–Crippen LogP) is 7.10. The van der Waals surface area contributed by atoms with E-state index in [0.717, 1.165) is 40.9 Å². The maximum atomic E-state index is 13.7. The number of anilines is 1. The van der Waals surface area contributed by atoms with E-state index in [1.54, 1.807) is 23.1 Å². The summed E-state index contributed by atoms with van der Waals surface area (Å²) in [5, 5.41) is 10.8. The van der Waals surface area contributed by atoms with Gasteiger partial charge in [-0.1, -0.05) is 50.2 Å². The zero-order valence-electron chi connectivity index (χ0n) is 19.2. The molecule has 0 spiro atoms. The third-order valence-electron chi connectivity index (χ3n) is 5.58. The number of carbonyl (C=O) groups excluding carboxylic acids is 1. The summed E-state index contributed by atoms with van der Waals surface area (Å²) in [5.74, 6) is 0.212. The van der Waals surface area contributed by atoms with Crippen LogP contribution in [-0.4, -0.2) is 23.3 Å². The summed E-state index contributed by atoms with van der Waals surface area (Å²) in [7, 11) is 1.49. The molecular weight excluding hydrogens is 512 g/mol. The zero-order valence-corrected chi connectivity index (χ0v) is 21.6. The van der Waals surface area contributed by atoms with Crippen molar-refractivity contribution in [2.75, 3.05) is 12.0 Å². The lowest BCUT2D eigenvalue weighted by atomic mass is 10.1. The summed E-state index contributed by atoms with van der Waals surface area (Å²) in [5.41, 5.74) is 4.62. The summed E-state index contributed by atoms with van der Waals surface area (Å²) in [6.07, 6.45) is 3.45. The predicted molar refractivity (Wildman–Crippen MR) is 144 cm³/mol. The van der Waals surface area contributed by atoms with Crippen molar-refractivity contribution in [3.63, 3.8) is 0 Å². The van der Waals surface area contributed by atoms with Crippen LogP contribution in [0.2, 0.25) is 0 Å². The number of nitrogens with zero attached hydrogens (tertiary/aromatic N) is 2. The first-order valence-electron chi connectivity index (χ1n) is 11.0. The maximum absolute atomic E-state index is 13.7. The third kappa shape index (κ3) is 4.76. The SMILES string of the molecule is CCc1ccccc1N=C1SC(=Cc2cc(Br)c(O)c(OC)c2)C(=O)N1c1ccccc1CC. The number of methoxy groups -OCH3 is 1. The number of aromatic hydroxyl groups is 1. The van der Waals surface area contributed by atoms with E-state index in [9.17, 15) is 9.90 Å². The Kier molecular flexibility index (Phi) is 7.44. The molecule has 5 nitrogen and oxygen atoms in total. The Bertz CT molecular complexity index is 1300. The van der Waals surface area contributed by atoms with Crippen molar-refractivity contribution in [2.24, 2.45) is 4.99 Å². The lowest BCUT2D eigenvalue weighted by Gasteiger charge is -2.19. The quantitative estimate of drug-likeness (QED) is 0.341. The van der Waals surface area contributed by atoms with Gasteiger partial charge in [-0.25, -0.2) is 4.99 Å². The van der Waals surface area contributed by atoms with Crippen LogP contribution in [0.4, 0.5) is 11.4 Å². The van der Waals surface area contributed by atoms with Gasteiger partial charge in [-0.05, 0) is 87.6 Å². The molecular formula is C27H25BrN2O3S. The first kappa shape index (κ1) is 24.1. The lowest BCUT2D eigenvalue weighted by Crippen LogP contribution is -2.29. The van der Waals surface area contributed by atoms with Gasteiger partial charge in [-0.3, -0.25) is 9.69 Å². The van der Waals surface area contributed by atoms with Gasteiger partial charge in [-0.15, -0.1) is 0 Å². The number of thioether (sulfide) groups is 1. The van der Waals surface area contributed by atoms with Crippen molar-refractivity contribution in [3.8, 4) is 11.5 Å². The highest BCUT2D eigenvalue weighted by Gasteiger charge is 2.36. The van der Waals surface area contributed by atoms with Crippen LogP contribution in [-0.2, 0) is 17.6 Å². The van der Waals surface area contributed by atoms with Crippen molar-refractivity contribution < 1.29 is 14.6 Å². The minimum Gasteiger partial charge on any atom is -0.503 e. The number of aryl methyl sites for hydroxylation is 2. The second-order valence-electron chi connectivity index (χ2n) is 7.66. The Morgan fingerprint density at radius 2 is 1.74 bits per heavy atom. The average molecular weight is 537 g/mol. The minimum absolute atomic E-state index is 0.0203. The number of hydrogen-bond donors (Lipinski definition) is 1. The number of hydrogen-bond acceptors (Lipinski definition) is 5. The largest absolute Gasteiger partial charge is 0.503 e. The first-order valence-corrected chi connectivity index (χ1v) is 12.6. The lowest BCUT2D eigenvalue weighted by molar-refractivity contribution is -0.113. The fraction of sp³-hybridized carbons (Fsp3) is 0.185. The maximum Gasteiger partial charge on any atom is 0.271 e. The summed E-state index contributed by atoms with van der Waals surface area (Å²) >= 11 is 4.70. The Morgan fingerprint density at radius 1 is 1.06 bits per heavy atom. The Labute approximate surface area is 212 Å². The molecule has 3 aromatic carbocycles. The highest BCUT2D eigenvalue weighted by molar-refractivity contribution is 9.10. The number of aliphatic imine (C=N–C) groups is 1. The normalized spacial score (nSPS) is 16.0. The smallest absolute Gasteiger partial charge is 0.271 e. The first-order chi connectivity index (χ1) is 16.5. The van der Waals surface area contributed by atoms with E-state index in [2.05, 4.69) is 35.8 Å². The fourth-order valence-electron chi connectivity index (χ4n) is 3.80. The van der Waals surface area contributed by atoms with E-state index < -0.39 is 0 Å². The minimum atomic E-state index is -0.137. The Hall–Kier alpha value is -3.03. The second kappa shape index (κ2) is 10.5. The molecule has 0 saturated carbocycles. The number of ether oxygens (including phenoxy) is 1. The van der Waals surface area contributed by atoms with Gasteiger partial charge in [0.15, 0.2) is 16.7 Å². The van der Waals surface area contributed by atoms with Crippen molar-refractivity contribution in [1.82, 2.24) is 0 Å². The number of carbonyl (C=O) groups is 1. The number of amidine groups is 1. The van der Waals surface area contributed by atoms with Gasteiger partial charge in [-0.2, -0.15) is 0 Å². The van der Waals surface area contributed by atoms with Crippen molar-refractivity contribution in [1.29, 1.82) is 0 Å². The third-order valence-corrected chi connectivity index (χ3v) is 7.15. The van der Waals surface area contributed by atoms with E-state index in [1.807, 2.05) is 42.5 Å². The number of rotatable bonds is 6. The number of benzene rings is 3. The van der Waals surface area contributed by atoms with Crippen molar-refractivity contribution in [2.45, 2.75) is 26.7 Å². The van der Waals surface area contributed by atoms with Crippen LogP contribution in [0.15, 0.2) is 75.0 Å². The molecule has 1 aliphatic rings. The van der Waals surface area contributed by atoms with Gasteiger partial charge < -0.3 is 9.84 Å². The van der Waals surface area contributed by atoms with Gasteiger partial charge in [0.2, 0.25) is 0 Å². The van der Waals surface area contributed by atoms with Gasteiger partial charge in [0.25, 0.3) is 5.91 Å². The molecule has 0 bridgehead atoms. The van der Waals surface area contributed by atoms with Gasteiger partial charge in [0.1, 0.15) is 0 Å². The monoisotopic (exact) mass is 536 g/mol. The van der Waals surface area contributed by atoms with E-state index in [1.165, 1.54) is 18.9 Å². The zero-order chi connectivity index (χ0) is 24.2. The molecule has 3 aromatic rings. The molecule has 174 valence electrons. The molecule has 0 atom stereocenters. The average Bonchev–Trinajstić information content (AvgIpc) is 3.15. The topological polar surface area (TPSA) is 62.1 Å². The van der Waals surface area contributed by atoms with Crippen molar-refractivity contribution in [3.05, 3.63) is 86.7 Å². The van der Waals surface area contributed by atoms with Crippen LogP contribution in [0, 0.1) is 0 Å². The van der Waals surface area contributed by atoms with Gasteiger partial charge >= 0.3 is 0 Å². The second-order valence-corrected chi connectivity index (χ2v) is 9.53. The van der Waals surface area contributed by atoms with Crippen LogP contribution in [0.5, 0.6) is 11.5 Å². The number of phenols is 1. The molecule has 4 rings (SSSR count). The van der Waals surface area contributed by atoms with Crippen LogP contribution < -0.4 is 9.64 Å². The molecule has 7 heteroatoms. The molecule has 0 radical (unpaired) electrons. The van der Waals surface area contributed by atoms with Crippen LogP contribution >= 0.6 is 27.7 Å². The fourth-order valence-corrected chi connectivity index (χ4v) is 5.24. The standard InChI is InChI=1S/C27H25BrN2O3S/c1-4-18-10-6-8-12-21(18)29-27-30(22-13-9-7-11-19(22)5-2)26(32)24(34-27)16-17-14-20(28)25(31)23(15-17)33-3/h6-16,31H,4-5H2,1-3H3.